The SMILES string of the molecule is CN(Cc1cnn(C)c1)C(=O)CCn1cnc2ccc(Br)cc2c1=O. The van der Waals surface area contributed by atoms with E-state index in [-0.39, 0.29) is 17.9 Å². The van der Waals surface area contributed by atoms with E-state index >= 15 is 0 Å². The summed E-state index contributed by atoms with van der Waals surface area (Å²) < 4.78 is 4.00. The van der Waals surface area contributed by atoms with Gasteiger partial charge in [-0.05, 0) is 18.2 Å². The molecule has 0 fully saturated rings. The van der Waals surface area contributed by atoms with Crippen molar-refractivity contribution in [3.63, 3.8) is 0 Å². The third-order valence-corrected chi connectivity index (χ3v) is 4.45. The molecular formula is C17H18BrN5O2. The lowest BCUT2D eigenvalue weighted by molar-refractivity contribution is -0.130. The van der Waals surface area contributed by atoms with Crippen LogP contribution in [0.2, 0.25) is 0 Å². The zero-order valence-electron chi connectivity index (χ0n) is 14.0. The first-order chi connectivity index (χ1) is 11.9. The summed E-state index contributed by atoms with van der Waals surface area (Å²) in [5.41, 5.74) is 1.46. The molecule has 0 bridgehead atoms. The van der Waals surface area contributed by atoms with Crippen LogP contribution in [0.25, 0.3) is 10.9 Å². The van der Waals surface area contributed by atoms with Gasteiger partial charge in [-0.15, -0.1) is 0 Å². The monoisotopic (exact) mass is 403 g/mol. The minimum atomic E-state index is -0.144. The van der Waals surface area contributed by atoms with Gasteiger partial charge < -0.3 is 4.90 Å². The fraction of sp³-hybridized carbons (Fsp3) is 0.294. The lowest BCUT2D eigenvalue weighted by Gasteiger charge is -2.16. The van der Waals surface area contributed by atoms with Gasteiger partial charge in [0.25, 0.3) is 5.56 Å². The Morgan fingerprint density at radius 2 is 2.16 bits per heavy atom. The first-order valence-electron chi connectivity index (χ1n) is 7.80. The number of aryl methyl sites for hydroxylation is 2. The summed E-state index contributed by atoms with van der Waals surface area (Å²) in [4.78, 5) is 30.7. The second-order valence-electron chi connectivity index (χ2n) is 5.93. The van der Waals surface area contributed by atoms with E-state index < -0.39 is 0 Å². The van der Waals surface area contributed by atoms with Crippen LogP contribution >= 0.6 is 15.9 Å². The molecule has 0 saturated carbocycles. The highest BCUT2D eigenvalue weighted by Crippen LogP contribution is 2.15. The summed E-state index contributed by atoms with van der Waals surface area (Å²) >= 11 is 3.36. The van der Waals surface area contributed by atoms with Crippen LogP contribution in [0.5, 0.6) is 0 Å². The van der Waals surface area contributed by atoms with Crippen molar-refractivity contribution in [1.29, 1.82) is 0 Å². The number of amides is 1. The molecular weight excluding hydrogens is 386 g/mol. The Bertz CT molecular complexity index is 979. The van der Waals surface area contributed by atoms with Gasteiger partial charge in [-0.1, -0.05) is 15.9 Å². The Morgan fingerprint density at radius 3 is 2.88 bits per heavy atom. The number of carbonyl (C=O) groups is 1. The number of benzene rings is 1. The second kappa shape index (κ2) is 7.18. The average molecular weight is 404 g/mol. The lowest BCUT2D eigenvalue weighted by Crippen LogP contribution is -2.29. The maximum absolute atomic E-state index is 12.5. The number of rotatable bonds is 5. The van der Waals surface area contributed by atoms with Crippen LogP contribution in [0.3, 0.4) is 0 Å². The first kappa shape index (κ1) is 17.3. The average Bonchev–Trinajstić information content (AvgIpc) is 2.99. The Kier molecular flexibility index (Phi) is 4.98. The lowest BCUT2D eigenvalue weighted by atomic mass is 10.2. The van der Waals surface area contributed by atoms with Gasteiger partial charge in [0.15, 0.2) is 0 Å². The van der Waals surface area contributed by atoms with Crippen molar-refractivity contribution in [3.8, 4) is 0 Å². The van der Waals surface area contributed by atoms with Gasteiger partial charge in [0.1, 0.15) is 0 Å². The van der Waals surface area contributed by atoms with Crippen LogP contribution in [0.15, 0.2) is 46.2 Å². The van der Waals surface area contributed by atoms with Crippen LogP contribution in [0.4, 0.5) is 0 Å². The van der Waals surface area contributed by atoms with Gasteiger partial charge in [-0.25, -0.2) is 4.98 Å². The van der Waals surface area contributed by atoms with Crippen molar-refractivity contribution in [3.05, 3.63) is 57.3 Å². The quantitative estimate of drug-likeness (QED) is 0.652. The number of fused-ring (bicyclic) bond motifs is 1. The largest absolute Gasteiger partial charge is 0.341 e. The minimum absolute atomic E-state index is 0.0370. The maximum atomic E-state index is 12.5. The number of nitrogens with zero attached hydrogens (tertiary/aromatic N) is 5. The molecule has 0 unspecified atom stereocenters. The van der Waals surface area contributed by atoms with Gasteiger partial charge in [0, 0.05) is 49.8 Å². The summed E-state index contributed by atoms with van der Waals surface area (Å²) in [6.07, 6.45) is 5.34. The summed E-state index contributed by atoms with van der Waals surface area (Å²) in [6, 6.07) is 5.38. The van der Waals surface area contributed by atoms with Crippen LogP contribution in [-0.4, -0.2) is 37.2 Å². The number of aromatic nitrogens is 4. The summed E-state index contributed by atoms with van der Waals surface area (Å²) in [7, 11) is 3.58. The van der Waals surface area contributed by atoms with Crippen LogP contribution < -0.4 is 5.56 Å². The fourth-order valence-electron chi connectivity index (χ4n) is 2.61. The van der Waals surface area contributed by atoms with E-state index in [2.05, 4.69) is 26.0 Å². The molecule has 2 aromatic heterocycles. The van der Waals surface area contributed by atoms with Gasteiger partial charge in [0.05, 0.1) is 23.4 Å². The molecule has 0 radical (unpaired) electrons. The molecule has 0 aliphatic rings. The molecule has 0 aliphatic carbocycles. The number of carbonyl (C=O) groups excluding carboxylic acids is 1. The smallest absolute Gasteiger partial charge is 0.261 e. The molecule has 0 saturated heterocycles. The zero-order chi connectivity index (χ0) is 18.0. The molecule has 0 aliphatic heterocycles. The van der Waals surface area contributed by atoms with Gasteiger partial charge >= 0.3 is 0 Å². The van der Waals surface area contributed by atoms with E-state index in [1.54, 1.807) is 35.0 Å². The van der Waals surface area contributed by atoms with E-state index in [4.69, 9.17) is 0 Å². The molecule has 3 aromatic rings. The number of halogens is 1. The van der Waals surface area contributed by atoms with E-state index in [0.29, 0.717) is 24.0 Å². The van der Waals surface area contributed by atoms with E-state index in [1.807, 2.05) is 19.3 Å². The highest BCUT2D eigenvalue weighted by molar-refractivity contribution is 9.10. The first-order valence-corrected chi connectivity index (χ1v) is 8.59. The molecule has 0 spiro atoms. The summed E-state index contributed by atoms with van der Waals surface area (Å²) in [5, 5.41) is 4.63. The minimum Gasteiger partial charge on any atom is -0.341 e. The van der Waals surface area contributed by atoms with Crippen molar-refractivity contribution < 1.29 is 4.79 Å². The molecule has 8 heteroatoms. The van der Waals surface area contributed by atoms with Crippen LogP contribution in [-0.2, 0) is 24.9 Å². The summed E-state index contributed by atoms with van der Waals surface area (Å²) in [6.45, 7) is 0.787. The van der Waals surface area contributed by atoms with Gasteiger partial charge in [0.2, 0.25) is 5.91 Å². The zero-order valence-corrected chi connectivity index (χ0v) is 15.6. The second-order valence-corrected chi connectivity index (χ2v) is 6.84. The Morgan fingerprint density at radius 1 is 1.36 bits per heavy atom. The van der Waals surface area contributed by atoms with E-state index in [9.17, 15) is 9.59 Å². The molecule has 2 heterocycles. The highest BCUT2D eigenvalue weighted by atomic mass is 79.9. The molecule has 1 amide bonds. The van der Waals surface area contributed by atoms with Crippen molar-refractivity contribution in [2.45, 2.75) is 19.5 Å². The molecule has 130 valence electrons. The Labute approximate surface area is 153 Å². The molecule has 25 heavy (non-hydrogen) atoms. The van der Waals surface area contributed by atoms with Gasteiger partial charge in [-0.2, -0.15) is 5.10 Å². The molecule has 0 atom stereocenters. The van der Waals surface area contributed by atoms with Gasteiger partial charge in [-0.3, -0.25) is 18.8 Å². The molecule has 1 aromatic carbocycles. The van der Waals surface area contributed by atoms with Crippen LogP contribution in [0, 0.1) is 0 Å². The van der Waals surface area contributed by atoms with Crippen molar-refractivity contribution in [2.75, 3.05) is 7.05 Å². The maximum Gasteiger partial charge on any atom is 0.261 e. The molecule has 3 rings (SSSR count). The predicted octanol–water partition coefficient (Wildman–Crippen LogP) is 1.94. The van der Waals surface area contributed by atoms with E-state index in [1.165, 1.54) is 10.9 Å². The predicted molar refractivity (Wildman–Crippen MR) is 98.0 cm³/mol. The third kappa shape index (κ3) is 3.96. The topological polar surface area (TPSA) is 73.0 Å². The third-order valence-electron chi connectivity index (χ3n) is 3.96. The summed E-state index contributed by atoms with van der Waals surface area (Å²) in [5.74, 6) is -0.0370. The normalized spacial score (nSPS) is 11.0. The fourth-order valence-corrected chi connectivity index (χ4v) is 2.97. The number of hydrogen-bond donors (Lipinski definition) is 0. The molecule has 0 N–H and O–H groups in total. The van der Waals surface area contributed by atoms with Crippen molar-refractivity contribution in [2.24, 2.45) is 7.05 Å². The molecule has 7 nitrogen and oxygen atoms in total. The van der Waals surface area contributed by atoms with Crippen LogP contribution in [0.1, 0.15) is 12.0 Å². The Balaban J connectivity index is 1.68. The standard InChI is InChI=1S/C17H18BrN5O2/c1-21(9-12-8-20-22(2)10-12)16(24)5-6-23-11-19-15-4-3-13(18)7-14(15)17(23)25/h3-4,7-8,10-11H,5-6,9H2,1-2H3. The van der Waals surface area contributed by atoms with Crippen molar-refractivity contribution in [1.82, 2.24) is 24.2 Å². The Hall–Kier alpha value is -2.48. The number of hydrogen-bond acceptors (Lipinski definition) is 4. The highest BCUT2D eigenvalue weighted by Gasteiger charge is 2.12. The van der Waals surface area contributed by atoms with E-state index in [0.717, 1.165) is 10.0 Å². The van der Waals surface area contributed by atoms with Crippen molar-refractivity contribution >= 4 is 32.7 Å².